The lowest BCUT2D eigenvalue weighted by atomic mass is 10.2. The summed E-state index contributed by atoms with van der Waals surface area (Å²) in [6, 6.07) is 21.2. The minimum Gasteiger partial charge on any atom is -0.420 e. The average molecular weight is 384 g/mol. The first-order valence-electron chi connectivity index (χ1n) is 9.48. The second kappa shape index (κ2) is 8.44. The molecule has 0 atom stereocenters. The van der Waals surface area contributed by atoms with Crippen molar-refractivity contribution in [1.29, 1.82) is 5.26 Å². The third-order valence-corrected chi connectivity index (χ3v) is 4.82. The van der Waals surface area contributed by atoms with Crippen molar-refractivity contribution in [2.45, 2.75) is 0 Å². The summed E-state index contributed by atoms with van der Waals surface area (Å²) in [4.78, 5) is 20.7. The maximum absolute atomic E-state index is 12.6. The van der Waals surface area contributed by atoms with Crippen LogP contribution in [0.4, 0.5) is 5.88 Å². The van der Waals surface area contributed by atoms with Crippen LogP contribution in [0.3, 0.4) is 0 Å². The summed E-state index contributed by atoms with van der Waals surface area (Å²) >= 11 is 0. The van der Waals surface area contributed by atoms with Gasteiger partial charge in [0, 0.05) is 37.8 Å². The van der Waals surface area contributed by atoms with Crippen LogP contribution >= 0.6 is 0 Å². The fourth-order valence-electron chi connectivity index (χ4n) is 3.29. The van der Waals surface area contributed by atoms with Crippen LogP contribution in [0.5, 0.6) is 0 Å². The van der Waals surface area contributed by atoms with Gasteiger partial charge in [-0.25, -0.2) is 0 Å². The van der Waals surface area contributed by atoms with Crippen molar-refractivity contribution in [3.63, 3.8) is 0 Å². The first-order chi connectivity index (χ1) is 14.2. The van der Waals surface area contributed by atoms with Crippen molar-refractivity contribution >= 4 is 23.9 Å². The molecule has 0 bridgehead atoms. The molecule has 0 radical (unpaired) electrons. The fourth-order valence-corrected chi connectivity index (χ4v) is 3.29. The molecule has 1 aromatic heterocycles. The van der Waals surface area contributed by atoms with Crippen molar-refractivity contribution in [3.8, 4) is 6.07 Å². The largest absolute Gasteiger partial charge is 0.420 e. The normalized spacial score (nSPS) is 14.2. The van der Waals surface area contributed by atoms with Gasteiger partial charge in [0.05, 0.1) is 0 Å². The van der Waals surface area contributed by atoms with Gasteiger partial charge in [-0.2, -0.15) is 10.2 Å². The number of hydrogen-bond acceptors (Lipinski definition) is 5. The first-order valence-corrected chi connectivity index (χ1v) is 9.48. The summed E-state index contributed by atoms with van der Waals surface area (Å²) in [5.41, 5.74) is 1.98. The van der Waals surface area contributed by atoms with Crippen LogP contribution in [-0.4, -0.2) is 42.0 Å². The van der Waals surface area contributed by atoms with Crippen LogP contribution < -0.4 is 4.90 Å². The summed E-state index contributed by atoms with van der Waals surface area (Å²) in [6.07, 6.45) is 3.65. The lowest BCUT2D eigenvalue weighted by molar-refractivity contribution is 0.0745. The van der Waals surface area contributed by atoms with Crippen LogP contribution in [-0.2, 0) is 0 Å². The molecule has 0 unspecified atom stereocenters. The molecule has 1 amide bonds. The molecular weight excluding hydrogens is 364 g/mol. The average Bonchev–Trinajstić information content (AvgIpc) is 3.22. The lowest BCUT2D eigenvalue weighted by Gasteiger charge is -2.34. The number of aromatic nitrogens is 1. The highest BCUT2D eigenvalue weighted by molar-refractivity contribution is 5.94. The predicted octanol–water partition coefficient (Wildman–Crippen LogP) is 3.68. The van der Waals surface area contributed by atoms with E-state index in [4.69, 9.17) is 4.42 Å². The minimum atomic E-state index is 0.0230. The lowest BCUT2D eigenvalue weighted by Crippen LogP contribution is -2.48. The van der Waals surface area contributed by atoms with E-state index in [-0.39, 0.29) is 11.6 Å². The zero-order chi connectivity index (χ0) is 20.1. The Balaban J connectivity index is 1.44. The number of piperazine rings is 1. The molecule has 3 aromatic rings. The molecule has 1 aliphatic rings. The van der Waals surface area contributed by atoms with Crippen molar-refractivity contribution < 1.29 is 9.21 Å². The Kier molecular flexibility index (Phi) is 5.39. The number of oxazole rings is 1. The van der Waals surface area contributed by atoms with E-state index in [1.54, 1.807) is 6.08 Å². The Bertz CT molecular complexity index is 1040. The number of benzene rings is 2. The van der Waals surface area contributed by atoms with Crippen LogP contribution in [0.15, 0.2) is 65.1 Å². The molecule has 6 nitrogen and oxygen atoms in total. The summed E-state index contributed by atoms with van der Waals surface area (Å²) in [7, 11) is 0. The molecule has 4 rings (SSSR count). The van der Waals surface area contributed by atoms with Gasteiger partial charge in [-0.05, 0) is 23.8 Å². The highest BCUT2D eigenvalue weighted by atomic mass is 16.4. The molecule has 1 fully saturated rings. The summed E-state index contributed by atoms with van der Waals surface area (Å²) in [5.74, 6) is 0.880. The van der Waals surface area contributed by atoms with Crippen LogP contribution in [0.25, 0.3) is 12.2 Å². The van der Waals surface area contributed by atoms with Gasteiger partial charge in [0.25, 0.3) is 5.91 Å². The van der Waals surface area contributed by atoms with Gasteiger partial charge in [-0.3, -0.25) is 4.79 Å². The molecule has 2 aromatic carbocycles. The van der Waals surface area contributed by atoms with Crippen molar-refractivity contribution in [2.24, 2.45) is 0 Å². The molecule has 1 aliphatic heterocycles. The molecule has 0 N–H and O–H groups in total. The maximum atomic E-state index is 12.6. The van der Waals surface area contributed by atoms with Crippen molar-refractivity contribution in [2.75, 3.05) is 31.1 Å². The van der Waals surface area contributed by atoms with Crippen molar-refractivity contribution in [1.82, 2.24) is 9.88 Å². The number of hydrogen-bond donors (Lipinski definition) is 0. The van der Waals surface area contributed by atoms with Gasteiger partial charge in [0.15, 0.2) is 0 Å². The monoisotopic (exact) mass is 384 g/mol. The van der Waals surface area contributed by atoms with Gasteiger partial charge in [-0.15, -0.1) is 0 Å². The first kappa shape index (κ1) is 18.5. The number of anilines is 1. The summed E-state index contributed by atoms with van der Waals surface area (Å²) in [5, 5.41) is 9.45. The molecule has 0 spiro atoms. The highest BCUT2D eigenvalue weighted by Crippen LogP contribution is 2.24. The third kappa shape index (κ3) is 4.19. The molecule has 0 saturated carbocycles. The summed E-state index contributed by atoms with van der Waals surface area (Å²) < 4.78 is 5.85. The number of carbonyl (C=O) groups excluding carboxylic acids is 1. The Morgan fingerprint density at radius 1 is 0.966 bits per heavy atom. The van der Waals surface area contributed by atoms with Gasteiger partial charge in [0.2, 0.25) is 17.5 Å². The molecular formula is C23H20N4O2. The highest BCUT2D eigenvalue weighted by Gasteiger charge is 2.26. The van der Waals surface area contributed by atoms with Crippen LogP contribution in [0.1, 0.15) is 27.5 Å². The van der Waals surface area contributed by atoms with Gasteiger partial charge < -0.3 is 14.2 Å². The molecule has 1 saturated heterocycles. The number of rotatable bonds is 4. The van der Waals surface area contributed by atoms with E-state index in [1.807, 2.05) is 76.5 Å². The van der Waals surface area contributed by atoms with E-state index >= 15 is 0 Å². The minimum absolute atomic E-state index is 0.0230. The summed E-state index contributed by atoms with van der Waals surface area (Å²) in [6.45, 7) is 2.30. The number of nitriles is 1. The topological polar surface area (TPSA) is 73.4 Å². The van der Waals surface area contributed by atoms with E-state index in [0.29, 0.717) is 43.5 Å². The maximum Gasteiger partial charge on any atom is 0.253 e. The Hall–Kier alpha value is -3.85. The second-order valence-corrected chi connectivity index (χ2v) is 6.71. The standard InChI is InChI=1S/C23H20N4O2/c24-17-20-23(29-21(25-20)12-11-18-7-3-1-4-8-18)27-15-13-26(14-16-27)22(28)19-9-5-2-6-10-19/h1-12H,13-16H2/b12-11+. The zero-order valence-electron chi connectivity index (χ0n) is 15.9. The molecule has 6 heteroatoms. The zero-order valence-corrected chi connectivity index (χ0v) is 15.9. The predicted molar refractivity (Wildman–Crippen MR) is 111 cm³/mol. The van der Waals surface area contributed by atoms with Crippen LogP contribution in [0.2, 0.25) is 0 Å². The Morgan fingerprint density at radius 3 is 2.28 bits per heavy atom. The third-order valence-electron chi connectivity index (χ3n) is 4.82. The molecule has 0 aliphatic carbocycles. The van der Waals surface area contributed by atoms with E-state index in [9.17, 15) is 10.1 Å². The molecule has 2 heterocycles. The van der Waals surface area contributed by atoms with Gasteiger partial charge in [-0.1, -0.05) is 48.5 Å². The quantitative estimate of drug-likeness (QED) is 0.686. The van der Waals surface area contributed by atoms with Crippen LogP contribution in [0, 0.1) is 11.3 Å². The van der Waals surface area contributed by atoms with Crippen molar-refractivity contribution in [3.05, 3.63) is 83.4 Å². The SMILES string of the molecule is N#Cc1nc(/C=C/c2ccccc2)oc1N1CCN(C(=O)c2ccccc2)CC1. The smallest absolute Gasteiger partial charge is 0.253 e. The van der Waals surface area contributed by atoms with Gasteiger partial charge >= 0.3 is 0 Å². The second-order valence-electron chi connectivity index (χ2n) is 6.71. The van der Waals surface area contributed by atoms with Gasteiger partial charge in [0.1, 0.15) is 6.07 Å². The number of nitrogens with zero attached hydrogens (tertiary/aromatic N) is 4. The number of carbonyl (C=O) groups is 1. The van der Waals surface area contributed by atoms with E-state index in [2.05, 4.69) is 11.1 Å². The Labute approximate surface area is 169 Å². The number of amides is 1. The van der Waals surface area contributed by atoms with E-state index in [1.165, 1.54) is 0 Å². The fraction of sp³-hybridized carbons (Fsp3) is 0.174. The van der Waals surface area contributed by atoms with E-state index < -0.39 is 0 Å². The molecule has 144 valence electrons. The Morgan fingerprint density at radius 2 is 1.62 bits per heavy atom. The van der Waals surface area contributed by atoms with E-state index in [0.717, 1.165) is 5.56 Å². The molecule has 29 heavy (non-hydrogen) atoms.